The summed E-state index contributed by atoms with van der Waals surface area (Å²) in [6, 6.07) is 2.75. The van der Waals surface area contributed by atoms with Gasteiger partial charge < -0.3 is 10.8 Å². The van der Waals surface area contributed by atoms with Crippen LogP contribution in [0.5, 0.6) is 5.75 Å². The summed E-state index contributed by atoms with van der Waals surface area (Å²) in [5.41, 5.74) is 6.03. The summed E-state index contributed by atoms with van der Waals surface area (Å²) in [6.45, 7) is 9.97. The van der Waals surface area contributed by atoms with Crippen LogP contribution in [0, 0.1) is 13.5 Å². The van der Waals surface area contributed by atoms with Gasteiger partial charge in [0.2, 0.25) is 0 Å². The Morgan fingerprint density at radius 1 is 1.56 bits per heavy atom. The van der Waals surface area contributed by atoms with Crippen LogP contribution in [0.2, 0.25) is 0 Å². The number of amides is 1. The maximum absolute atomic E-state index is 11.6. The standard InChI is InChI=1S/C11H11N3O2/c1-6-8(13-3)4-5-9(15)10(6)11(16)14-7(2)12/h4-5,15H,1-2H3,(H2,12,14,16). The molecule has 0 atom stereocenters. The summed E-state index contributed by atoms with van der Waals surface area (Å²) in [4.78, 5) is 18.4. The Hall–Kier alpha value is -2.35. The molecule has 0 radical (unpaired) electrons. The molecular weight excluding hydrogens is 206 g/mol. The van der Waals surface area contributed by atoms with E-state index in [9.17, 15) is 9.90 Å². The van der Waals surface area contributed by atoms with Crippen molar-refractivity contribution >= 4 is 17.4 Å². The molecule has 1 aromatic rings. The lowest BCUT2D eigenvalue weighted by atomic mass is 10.1. The van der Waals surface area contributed by atoms with Crippen molar-refractivity contribution in [1.82, 2.24) is 0 Å². The van der Waals surface area contributed by atoms with Crippen LogP contribution in [0.15, 0.2) is 17.1 Å². The summed E-state index contributed by atoms with van der Waals surface area (Å²) in [6.07, 6.45) is 0. The van der Waals surface area contributed by atoms with Gasteiger partial charge in [-0.25, -0.2) is 4.85 Å². The average Bonchev–Trinajstić information content (AvgIpc) is 2.16. The van der Waals surface area contributed by atoms with Crippen molar-refractivity contribution in [3.8, 4) is 5.75 Å². The molecule has 1 aromatic carbocycles. The Bertz CT molecular complexity index is 509. The molecule has 0 fully saturated rings. The van der Waals surface area contributed by atoms with Gasteiger partial charge in [0, 0.05) is 0 Å². The van der Waals surface area contributed by atoms with Crippen LogP contribution in [-0.4, -0.2) is 16.8 Å². The van der Waals surface area contributed by atoms with Crippen molar-refractivity contribution in [2.45, 2.75) is 13.8 Å². The number of hydrogen-bond donors (Lipinski definition) is 2. The normalized spacial score (nSPS) is 10.9. The number of nitrogens with zero attached hydrogens (tertiary/aromatic N) is 2. The monoisotopic (exact) mass is 217 g/mol. The molecule has 1 rings (SSSR count). The summed E-state index contributed by atoms with van der Waals surface area (Å²) in [5.74, 6) is -0.725. The van der Waals surface area contributed by atoms with E-state index in [4.69, 9.17) is 12.3 Å². The van der Waals surface area contributed by atoms with Crippen molar-refractivity contribution in [3.05, 3.63) is 34.7 Å². The number of benzene rings is 1. The summed E-state index contributed by atoms with van der Waals surface area (Å²) >= 11 is 0. The second kappa shape index (κ2) is 4.45. The van der Waals surface area contributed by atoms with E-state index < -0.39 is 5.91 Å². The molecule has 0 saturated carbocycles. The Kier molecular flexibility index (Phi) is 3.26. The van der Waals surface area contributed by atoms with Gasteiger partial charge in [-0.1, -0.05) is 6.07 Å². The first-order chi connectivity index (χ1) is 7.47. The molecule has 5 nitrogen and oxygen atoms in total. The van der Waals surface area contributed by atoms with E-state index in [1.165, 1.54) is 19.1 Å². The fraction of sp³-hybridized carbons (Fsp3) is 0.182. The Morgan fingerprint density at radius 2 is 2.19 bits per heavy atom. The van der Waals surface area contributed by atoms with Crippen LogP contribution in [0.3, 0.4) is 0 Å². The molecule has 0 unspecified atom stereocenters. The SMILES string of the molecule is [C-]#[N+]c1ccc(O)c(C(=O)N=C(C)N)c1C. The van der Waals surface area contributed by atoms with E-state index in [0.717, 1.165) is 0 Å². The summed E-state index contributed by atoms with van der Waals surface area (Å²) in [7, 11) is 0. The summed E-state index contributed by atoms with van der Waals surface area (Å²) < 4.78 is 0. The van der Waals surface area contributed by atoms with Gasteiger partial charge in [-0.05, 0) is 25.5 Å². The lowest BCUT2D eigenvalue weighted by molar-refractivity contribution is 0.0999. The zero-order chi connectivity index (χ0) is 12.3. The van der Waals surface area contributed by atoms with E-state index in [2.05, 4.69) is 9.84 Å². The smallest absolute Gasteiger partial charge is 0.281 e. The second-order valence-corrected chi connectivity index (χ2v) is 3.27. The van der Waals surface area contributed by atoms with E-state index in [-0.39, 0.29) is 17.1 Å². The molecule has 0 aliphatic carbocycles. The van der Waals surface area contributed by atoms with Crippen LogP contribution in [0.25, 0.3) is 4.85 Å². The van der Waals surface area contributed by atoms with E-state index in [1.54, 1.807) is 6.92 Å². The third kappa shape index (κ3) is 2.17. The van der Waals surface area contributed by atoms with E-state index in [1.807, 2.05) is 0 Å². The highest BCUT2D eigenvalue weighted by Gasteiger charge is 2.16. The Labute approximate surface area is 93.0 Å². The Balaban J connectivity index is 3.39. The maximum Gasteiger partial charge on any atom is 0.281 e. The van der Waals surface area contributed by atoms with Gasteiger partial charge in [-0.2, -0.15) is 4.99 Å². The van der Waals surface area contributed by atoms with Gasteiger partial charge >= 0.3 is 0 Å². The molecule has 0 aliphatic rings. The van der Waals surface area contributed by atoms with Gasteiger partial charge in [0.05, 0.1) is 12.1 Å². The lowest BCUT2D eigenvalue weighted by Crippen LogP contribution is -2.10. The van der Waals surface area contributed by atoms with Gasteiger partial charge in [-0.15, -0.1) is 0 Å². The number of amidine groups is 1. The van der Waals surface area contributed by atoms with Gasteiger partial charge in [0.1, 0.15) is 11.6 Å². The predicted octanol–water partition coefficient (Wildman–Crippen LogP) is 1.77. The molecule has 0 heterocycles. The molecule has 0 aliphatic heterocycles. The third-order valence-electron chi connectivity index (χ3n) is 2.03. The maximum atomic E-state index is 11.6. The molecule has 1 amide bonds. The van der Waals surface area contributed by atoms with Gasteiger partial charge in [-0.3, -0.25) is 4.79 Å². The molecule has 3 N–H and O–H groups in total. The average molecular weight is 217 g/mol. The first kappa shape index (κ1) is 11.7. The topological polar surface area (TPSA) is 80.0 Å². The van der Waals surface area contributed by atoms with Crippen LogP contribution in [-0.2, 0) is 0 Å². The van der Waals surface area contributed by atoms with E-state index in [0.29, 0.717) is 11.3 Å². The predicted molar refractivity (Wildman–Crippen MR) is 60.7 cm³/mol. The van der Waals surface area contributed by atoms with E-state index >= 15 is 0 Å². The first-order valence-electron chi connectivity index (χ1n) is 4.52. The molecule has 0 saturated heterocycles. The number of aliphatic imine (C=N–C) groups is 1. The van der Waals surface area contributed by atoms with Crippen LogP contribution in [0.4, 0.5) is 5.69 Å². The number of carbonyl (C=O) groups excluding carboxylic acids is 1. The molecule has 0 spiro atoms. The number of nitrogens with two attached hydrogens (primary N) is 1. The molecule has 82 valence electrons. The lowest BCUT2D eigenvalue weighted by Gasteiger charge is -2.06. The fourth-order valence-electron chi connectivity index (χ4n) is 1.29. The number of carbonyl (C=O) groups is 1. The highest BCUT2D eigenvalue weighted by atomic mass is 16.3. The molecular formula is C11H11N3O2. The number of phenolic OH excluding ortho intramolecular Hbond substituents is 1. The van der Waals surface area contributed by atoms with Crippen LogP contribution in [0.1, 0.15) is 22.8 Å². The Morgan fingerprint density at radius 3 is 2.69 bits per heavy atom. The van der Waals surface area contributed by atoms with Crippen molar-refractivity contribution in [2.24, 2.45) is 10.7 Å². The van der Waals surface area contributed by atoms with Crippen LogP contribution >= 0.6 is 0 Å². The highest BCUT2D eigenvalue weighted by molar-refractivity contribution is 6.05. The van der Waals surface area contributed by atoms with Gasteiger partial charge in [0.15, 0.2) is 5.69 Å². The van der Waals surface area contributed by atoms with Crippen molar-refractivity contribution in [2.75, 3.05) is 0 Å². The number of hydrogen-bond acceptors (Lipinski definition) is 2. The zero-order valence-electron chi connectivity index (χ0n) is 8.98. The van der Waals surface area contributed by atoms with Crippen LogP contribution < -0.4 is 5.73 Å². The number of aromatic hydroxyl groups is 1. The number of phenols is 1. The first-order valence-corrected chi connectivity index (χ1v) is 4.52. The quantitative estimate of drug-likeness (QED) is 0.427. The van der Waals surface area contributed by atoms with Crippen molar-refractivity contribution < 1.29 is 9.90 Å². The minimum absolute atomic E-state index is 0.0262. The summed E-state index contributed by atoms with van der Waals surface area (Å²) in [5, 5.41) is 9.56. The zero-order valence-corrected chi connectivity index (χ0v) is 8.98. The largest absolute Gasteiger partial charge is 0.507 e. The fourth-order valence-corrected chi connectivity index (χ4v) is 1.29. The van der Waals surface area contributed by atoms with Gasteiger partial charge in [0.25, 0.3) is 5.91 Å². The highest BCUT2D eigenvalue weighted by Crippen LogP contribution is 2.29. The second-order valence-electron chi connectivity index (χ2n) is 3.27. The molecule has 5 heteroatoms. The van der Waals surface area contributed by atoms with Crippen molar-refractivity contribution in [3.63, 3.8) is 0 Å². The minimum Gasteiger partial charge on any atom is -0.507 e. The minimum atomic E-state index is -0.638. The molecule has 16 heavy (non-hydrogen) atoms. The van der Waals surface area contributed by atoms with Crippen molar-refractivity contribution in [1.29, 1.82) is 0 Å². The molecule has 0 aromatic heterocycles. The number of rotatable bonds is 1. The third-order valence-corrected chi connectivity index (χ3v) is 2.03. The molecule has 0 bridgehead atoms.